The Kier molecular flexibility index (Phi) is 2.07. The molecule has 4 heteroatoms. The fraction of sp³-hybridized carbons (Fsp3) is 0.500. The van der Waals surface area contributed by atoms with Crippen LogP contribution in [0.1, 0.15) is 18.5 Å². The van der Waals surface area contributed by atoms with Gasteiger partial charge in [0.25, 0.3) is 0 Å². The summed E-state index contributed by atoms with van der Waals surface area (Å²) < 4.78 is 1.98. The number of nitrogens with one attached hydrogen (secondary N) is 1. The number of carbonyl (C=O) groups excluding carboxylic acids is 1. The van der Waals surface area contributed by atoms with Crippen molar-refractivity contribution in [2.75, 3.05) is 0 Å². The average Bonchev–Trinajstić information content (AvgIpc) is 2.77. The van der Waals surface area contributed by atoms with Crippen LogP contribution in [0.5, 0.6) is 0 Å². The van der Waals surface area contributed by atoms with Gasteiger partial charge < -0.3 is 15.6 Å². The van der Waals surface area contributed by atoms with Crippen molar-refractivity contribution in [1.29, 1.82) is 0 Å². The Bertz CT molecular complexity index is 352. The van der Waals surface area contributed by atoms with Crippen LogP contribution in [0.2, 0.25) is 0 Å². The van der Waals surface area contributed by atoms with Crippen LogP contribution in [0.4, 0.5) is 0 Å². The molecule has 1 fully saturated rings. The number of rotatable bonds is 3. The van der Waals surface area contributed by atoms with Gasteiger partial charge >= 0.3 is 0 Å². The minimum absolute atomic E-state index is 0.0290. The standard InChI is InChI=1S/C10H15N3O/c1-13-6-2-3-8(13)7-12-9(14)10(11)4-5-10/h2-3,6H,4-5,7,11H2,1H3,(H,12,14). The lowest BCUT2D eigenvalue weighted by Gasteiger charge is -2.10. The molecule has 14 heavy (non-hydrogen) atoms. The highest BCUT2D eigenvalue weighted by atomic mass is 16.2. The fourth-order valence-electron chi connectivity index (χ4n) is 1.39. The molecule has 1 aliphatic carbocycles. The third-order valence-electron chi connectivity index (χ3n) is 2.72. The number of carbonyl (C=O) groups is 1. The zero-order valence-electron chi connectivity index (χ0n) is 8.29. The van der Waals surface area contributed by atoms with E-state index in [1.54, 1.807) is 0 Å². The van der Waals surface area contributed by atoms with Crippen LogP contribution in [0.25, 0.3) is 0 Å². The topological polar surface area (TPSA) is 60.0 Å². The number of hydrogen-bond donors (Lipinski definition) is 2. The Balaban J connectivity index is 1.89. The van der Waals surface area contributed by atoms with Crippen molar-refractivity contribution in [1.82, 2.24) is 9.88 Å². The number of hydrogen-bond acceptors (Lipinski definition) is 2. The quantitative estimate of drug-likeness (QED) is 0.717. The molecule has 1 heterocycles. The minimum atomic E-state index is -0.564. The molecule has 4 nitrogen and oxygen atoms in total. The van der Waals surface area contributed by atoms with E-state index in [-0.39, 0.29) is 5.91 Å². The maximum Gasteiger partial charge on any atom is 0.240 e. The lowest BCUT2D eigenvalue weighted by Crippen LogP contribution is -2.42. The van der Waals surface area contributed by atoms with Crippen molar-refractivity contribution in [2.24, 2.45) is 12.8 Å². The van der Waals surface area contributed by atoms with Crippen molar-refractivity contribution in [3.8, 4) is 0 Å². The molecular formula is C10H15N3O. The van der Waals surface area contributed by atoms with E-state index in [9.17, 15) is 4.79 Å². The molecule has 3 N–H and O–H groups in total. The van der Waals surface area contributed by atoms with Gasteiger partial charge in [-0.25, -0.2) is 0 Å². The second kappa shape index (κ2) is 3.13. The van der Waals surface area contributed by atoms with Crippen LogP contribution < -0.4 is 11.1 Å². The van der Waals surface area contributed by atoms with Crippen LogP contribution in [-0.2, 0) is 18.4 Å². The molecule has 0 bridgehead atoms. The molecule has 0 unspecified atom stereocenters. The Labute approximate surface area is 83.1 Å². The predicted octanol–water partition coefficient (Wildman–Crippen LogP) is 0.133. The van der Waals surface area contributed by atoms with Crippen molar-refractivity contribution in [3.63, 3.8) is 0 Å². The van der Waals surface area contributed by atoms with E-state index in [2.05, 4.69) is 5.32 Å². The van der Waals surface area contributed by atoms with E-state index < -0.39 is 5.54 Å². The summed E-state index contributed by atoms with van der Waals surface area (Å²) in [5.74, 6) is -0.0290. The third kappa shape index (κ3) is 1.65. The summed E-state index contributed by atoms with van der Waals surface area (Å²) in [5, 5.41) is 2.84. The summed E-state index contributed by atoms with van der Waals surface area (Å²) >= 11 is 0. The SMILES string of the molecule is Cn1cccc1CNC(=O)C1(N)CC1. The first-order chi connectivity index (χ1) is 6.62. The molecule has 1 amide bonds. The van der Waals surface area contributed by atoms with Gasteiger partial charge in [0.15, 0.2) is 0 Å². The molecule has 0 radical (unpaired) electrons. The molecule has 1 aliphatic rings. The summed E-state index contributed by atoms with van der Waals surface area (Å²) in [4.78, 5) is 11.5. The van der Waals surface area contributed by atoms with Gasteiger partial charge in [-0.15, -0.1) is 0 Å². The van der Waals surface area contributed by atoms with E-state index >= 15 is 0 Å². The Morgan fingerprint density at radius 1 is 1.71 bits per heavy atom. The number of aromatic nitrogens is 1. The second-order valence-electron chi connectivity index (χ2n) is 3.95. The summed E-state index contributed by atoms with van der Waals surface area (Å²) in [7, 11) is 1.96. The van der Waals surface area contributed by atoms with Crippen LogP contribution in [0.3, 0.4) is 0 Å². The highest BCUT2D eigenvalue weighted by Crippen LogP contribution is 2.32. The lowest BCUT2D eigenvalue weighted by molar-refractivity contribution is -0.123. The molecular weight excluding hydrogens is 178 g/mol. The third-order valence-corrected chi connectivity index (χ3v) is 2.72. The molecule has 0 atom stereocenters. The Hall–Kier alpha value is -1.29. The second-order valence-corrected chi connectivity index (χ2v) is 3.95. The van der Waals surface area contributed by atoms with Crippen molar-refractivity contribution < 1.29 is 4.79 Å². The number of aryl methyl sites for hydroxylation is 1. The van der Waals surface area contributed by atoms with Gasteiger partial charge in [0.2, 0.25) is 5.91 Å². The van der Waals surface area contributed by atoms with E-state index in [0.29, 0.717) is 6.54 Å². The van der Waals surface area contributed by atoms with Gasteiger partial charge in [-0.3, -0.25) is 4.79 Å². The maximum atomic E-state index is 11.5. The normalized spacial score (nSPS) is 17.9. The summed E-state index contributed by atoms with van der Waals surface area (Å²) in [5.41, 5.74) is 6.27. The van der Waals surface area contributed by atoms with Gasteiger partial charge in [-0.1, -0.05) is 0 Å². The van der Waals surface area contributed by atoms with Gasteiger partial charge in [-0.2, -0.15) is 0 Å². The molecule has 0 aliphatic heterocycles. The monoisotopic (exact) mass is 193 g/mol. The predicted molar refractivity (Wildman–Crippen MR) is 53.4 cm³/mol. The maximum absolute atomic E-state index is 11.5. The zero-order valence-corrected chi connectivity index (χ0v) is 8.29. The first-order valence-electron chi connectivity index (χ1n) is 4.79. The van der Waals surface area contributed by atoms with Gasteiger partial charge in [-0.05, 0) is 25.0 Å². The molecule has 0 spiro atoms. The van der Waals surface area contributed by atoms with E-state index in [4.69, 9.17) is 5.73 Å². The smallest absolute Gasteiger partial charge is 0.240 e. The van der Waals surface area contributed by atoms with E-state index in [0.717, 1.165) is 18.5 Å². The van der Waals surface area contributed by atoms with Gasteiger partial charge in [0.1, 0.15) is 0 Å². The molecule has 1 saturated carbocycles. The van der Waals surface area contributed by atoms with E-state index in [1.165, 1.54) is 0 Å². The first kappa shape index (κ1) is 9.27. The average molecular weight is 193 g/mol. The van der Waals surface area contributed by atoms with E-state index in [1.807, 2.05) is 29.9 Å². The largest absolute Gasteiger partial charge is 0.353 e. The van der Waals surface area contributed by atoms with Crippen LogP contribution in [-0.4, -0.2) is 16.0 Å². The highest BCUT2D eigenvalue weighted by Gasteiger charge is 2.45. The highest BCUT2D eigenvalue weighted by molar-refractivity contribution is 5.88. The van der Waals surface area contributed by atoms with Crippen molar-refractivity contribution in [2.45, 2.75) is 24.9 Å². The summed E-state index contributed by atoms with van der Waals surface area (Å²) in [6.45, 7) is 0.557. The molecule has 1 aromatic heterocycles. The van der Waals surface area contributed by atoms with Crippen molar-refractivity contribution >= 4 is 5.91 Å². The number of nitrogens with two attached hydrogens (primary N) is 1. The molecule has 1 aromatic rings. The van der Waals surface area contributed by atoms with Crippen molar-refractivity contribution in [3.05, 3.63) is 24.0 Å². The zero-order chi connectivity index (χ0) is 10.2. The van der Waals surface area contributed by atoms with Gasteiger partial charge in [0, 0.05) is 18.9 Å². The molecule has 0 saturated heterocycles. The summed E-state index contributed by atoms with van der Waals surface area (Å²) in [6.07, 6.45) is 3.58. The van der Waals surface area contributed by atoms with Crippen LogP contribution >= 0.6 is 0 Å². The van der Waals surface area contributed by atoms with Gasteiger partial charge in [0.05, 0.1) is 12.1 Å². The molecule has 76 valence electrons. The number of amides is 1. The Morgan fingerprint density at radius 3 is 2.93 bits per heavy atom. The van der Waals surface area contributed by atoms with Crippen LogP contribution in [0, 0.1) is 0 Å². The minimum Gasteiger partial charge on any atom is -0.353 e. The number of nitrogens with zero attached hydrogens (tertiary/aromatic N) is 1. The van der Waals surface area contributed by atoms with Crippen LogP contribution in [0.15, 0.2) is 18.3 Å². The first-order valence-corrected chi connectivity index (χ1v) is 4.79. The molecule has 0 aromatic carbocycles. The molecule has 2 rings (SSSR count). The Morgan fingerprint density at radius 2 is 2.43 bits per heavy atom. The fourth-order valence-corrected chi connectivity index (χ4v) is 1.39. The summed E-state index contributed by atoms with van der Waals surface area (Å²) in [6, 6.07) is 3.94. The lowest BCUT2D eigenvalue weighted by atomic mass is 10.2.